The van der Waals surface area contributed by atoms with Crippen molar-refractivity contribution in [2.45, 2.75) is 0 Å². The number of hydrogen-bond donors (Lipinski definition) is 4. The molecule has 3 aromatic rings. The fraction of sp³-hybridized carbons (Fsp3) is 0. The highest BCUT2D eigenvalue weighted by Gasteiger charge is 2.14. The van der Waals surface area contributed by atoms with Crippen molar-refractivity contribution in [3.8, 4) is 0 Å². The van der Waals surface area contributed by atoms with Crippen LogP contribution in [0.25, 0.3) is 10.8 Å². The van der Waals surface area contributed by atoms with Gasteiger partial charge in [-0.25, -0.2) is 9.89 Å². The number of fused-ring (bicyclic) bond motifs is 1. The molecule has 0 fully saturated rings. The molecular formula is C16H13N5O3. The fourth-order valence-corrected chi connectivity index (χ4v) is 2.30. The molecule has 1 heterocycles. The van der Waals surface area contributed by atoms with Gasteiger partial charge in [-0.2, -0.15) is 5.10 Å². The van der Waals surface area contributed by atoms with Crippen molar-refractivity contribution in [2.75, 3.05) is 10.6 Å². The number of rotatable bonds is 3. The summed E-state index contributed by atoms with van der Waals surface area (Å²) in [5.41, 5.74) is 5.68. The molecule has 0 aliphatic heterocycles. The van der Waals surface area contributed by atoms with Crippen LogP contribution in [-0.2, 0) is 0 Å². The van der Waals surface area contributed by atoms with Crippen LogP contribution in [0, 0.1) is 0 Å². The Labute approximate surface area is 135 Å². The van der Waals surface area contributed by atoms with E-state index in [0.717, 1.165) is 0 Å². The zero-order chi connectivity index (χ0) is 17.1. The number of aromatic nitrogens is 2. The number of aromatic amines is 1. The van der Waals surface area contributed by atoms with E-state index in [1.54, 1.807) is 48.5 Å². The number of carbonyl (C=O) groups excluding carboxylic acids is 2. The number of H-pyrrole nitrogens is 1. The molecule has 2 aromatic carbocycles. The van der Waals surface area contributed by atoms with Crippen molar-refractivity contribution in [1.82, 2.24) is 10.2 Å². The van der Waals surface area contributed by atoms with Crippen LogP contribution >= 0.6 is 0 Å². The van der Waals surface area contributed by atoms with Gasteiger partial charge in [-0.3, -0.25) is 9.59 Å². The van der Waals surface area contributed by atoms with E-state index < -0.39 is 11.9 Å². The molecule has 5 N–H and O–H groups in total. The van der Waals surface area contributed by atoms with E-state index in [9.17, 15) is 14.4 Å². The third-order valence-corrected chi connectivity index (χ3v) is 3.30. The first-order valence-electron chi connectivity index (χ1n) is 7.00. The Morgan fingerprint density at radius 2 is 1.62 bits per heavy atom. The van der Waals surface area contributed by atoms with Crippen LogP contribution in [0.5, 0.6) is 0 Å². The van der Waals surface area contributed by atoms with Crippen molar-refractivity contribution in [3.63, 3.8) is 0 Å². The number of primary amides is 1. The quantitative estimate of drug-likeness (QED) is 0.584. The molecular weight excluding hydrogens is 310 g/mol. The number of anilines is 2. The van der Waals surface area contributed by atoms with Gasteiger partial charge in [0.1, 0.15) is 0 Å². The van der Waals surface area contributed by atoms with Crippen molar-refractivity contribution in [2.24, 2.45) is 5.73 Å². The molecule has 0 radical (unpaired) electrons. The van der Waals surface area contributed by atoms with Crippen LogP contribution in [0.2, 0.25) is 0 Å². The Bertz CT molecular complexity index is 996. The average molecular weight is 323 g/mol. The summed E-state index contributed by atoms with van der Waals surface area (Å²) in [7, 11) is 0. The summed E-state index contributed by atoms with van der Waals surface area (Å²) in [5.74, 6) is -0.487. The molecule has 0 aliphatic rings. The van der Waals surface area contributed by atoms with Crippen LogP contribution in [-0.4, -0.2) is 22.1 Å². The lowest BCUT2D eigenvalue weighted by atomic mass is 10.1. The first kappa shape index (κ1) is 15.2. The smallest absolute Gasteiger partial charge is 0.316 e. The summed E-state index contributed by atoms with van der Waals surface area (Å²) < 4.78 is 0. The molecule has 0 saturated carbocycles. The van der Waals surface area contributed by atoms with Gasteiger partial charge in [0.2, 0.25) is 0 Å². The molecule has 1 aromatic heterocycles. The van der Waals surface area contributed by atoms with Gasteiger partial charge in [-0.15, -0.1) is 0 Å². The minimum Gasteiger partial charge on any atom is -0.351 e. The van der Waals surface area contributed by atoms with Gasteiger partial charge < -0.3 is 16.4 Å². The molecule has 8 heteroatoms. The van der Waals surface area contributed by atoms with Crippen LogP contribution in [0.3, 0.4) is 0 Å². The predicted octanol–water partition coefficient (Wildman–Crippen LogP) is 1.67. The second-order valence-corrected chi connectivity index (χ2v) is 4.97. The molecule has 3 amide bonds. The maximum absolute atomic E-state index is 12.5. The lowest BCUT2D eigenvalue weighted by molar-refractivity contribution is 0.102. The zero-order valence-electron chi connectivity index (χ0n) is 12.4. The number of nitrogens with two attached hydrogens (primary N) is 1. The summed E-state index contributed by atoms with van der Waals surface area (Å²) in [5, 5.41) is 12.1. The number of benzene rings is 2. The SMILES string of the molecule is NC(=O)Nc1cccc(NC(=O)c2n[nH]c(=O)c3ccccc23)c1. The average Bonchev–Trinajstić information content (AvgIpc) is 2.55. The normalized spacial score (nSPS) is 10.3. The van der Waals surface area contributed by atoms with Gasteiger partial charge in [0.15, 0.2) is 5.69 Å². The van der Waals surface area contributed by atoms with Crippen LogP contribution in [0.4, 0.5) is 16.2 Å². The minimum atomic E-state index is -0.702. The molecule has 0 spiro atoms. The van der Waals surface area contributed by atoms with Crippen LogP contribution < -0.4 is 21.9 Å². The summed E-state index contributed by atoms with van der Waals surface area (Å²) in [6.45, 7) is 0. The van der Waals surface area contributed by atoms with Gasteiger partial charge in [0.05, 0.1) is 5.39 Å². The molecule has 120 valence electrons. The Balaban J connectivity index is 1.92. The number of nitrogens with zero attached hydrogens (tertiary/aromatic N) is 1. The molecule has 0 unspecified atom stereocenters. The highest BCUT2D eigenvalue weighted by molar-refractivity contribution is 6.11. The first-order valence-corrected chi connectivity index (χ1v) is 7.00. The van der Waals surface area contributed by atoms with Gasteiger partial charge in [-0.05, 0) is 24.3 Å². The predicted molar refractivity (Wildman–Crippen MR) is 90.0 cm³/mol. The Morgan fingerprint density at radius 3 is 2.33 bits per heavy atom. The number of urea groups is 1. The number of amides is 3. The number of nitrogens with one attached hydrogen (secondary N) is 3. The molecule has 0 atom stereocenters. The minimum absolute atomic E-state index is 0.0958. The van der Waals surface area contributed by atoms with Crippen molar-refractivity contribution < 1.29 is 9.59 Å². The molecule has 8 nitrogen and oxygen atoms in total. The molecule has 0 bridgehead atoms. The number of hydrogen-bond acceptors (Lipinski definition) is 4. The lowest BCUT2D eigenvalue weighted by Crippen LogP contribution is -2.20. The van der Waals surface area contributed by atoms with E-state index in [-0.39, 0.29) is 11.3 Å². The van der Waals surface area contributed by atoms with E-state index in [2.05, 4.69) is 20.8 Å². The topological polar surface area (TPSA) is 130 Å². The summed E-state index contributed by atoms with van der Waals surface area (Å²) in [6, 6.07) is 12.5. The summed E-state index contributed by atoms with van der Waals surface area (Å²) >= 11 is 0. The Hall–Kier alpha value is -3.68. The highest BCUT2D eigenvalue weighted by Crippen LogP contribution is 2.17. The van der Waals surface area contributed by atoms with Crippen molar-refractivity contribution in [3.05, 3.63) is 64.6 Å². The van der Waals surface area contributed by atoms with E-state index in [0.29, 0.717) is 22.1 Å². The largest absolute Gasteiger partial charge is 0.351 e. The fourth-order valence-electron chi connectivity index (χ4n) is 2.30. The van der Waals surface area contributed by atoms with Gasteiger partial charge in [-0.1, -0.05) is 24.3 Å². The van der Waals surface area contributed by atoms with Crippen molar-refractivity contribution >= 4 is 34.1 Å². The van der Waals surface area contributed by atoms with E-state index in [1.807, 2.05) is 0 Å². The van der Waals surface area contributed by atoms with Crippen LogP contribution in [0.15, 0.2) is 53.3 Å². The lowest BCUT2D eigenvalue weighted by Gasteiger charge is -2.08. The zero-order valence-corrected chi connectivity index (χ0v) is 12.4. The number of carbonyl (C=O) groups is 2. The van der Waals surface area contributed by atoms with Gasteiger partial charge in [0.25, 0.3) is 11.5 Å². The highest BCUT2D eigenvalue weighted by atomic mass is 16.2. The second kappa shape index (κ2) is 6.21. The Kier molecular flexibility index (Phi) is 3.94. The third kappa shape index (κ3) is 3.07. The van der Waals surface area contributed by atoms with Crippen LogP contribution in [0.1, 0.15) is 10.5 Å². The third-order valence-electron chi connectivity index (χ3n) is 3.30. The van der Waals surface area contributed by atoms with E-state index in [1.165, 1.54) is 0 Å². The summed E-state index contributed by atoms with van der Waals surface area (Å²) in [6.07, 6.45) is 0. The molecule has 0 saturated heterocycles. The van der Waals surface area contributed by atoms with Gasteiger partial charge in [0, 0.05) is 16.8 Å². The standard InChI is InChI=1S/C16H13N5O3/c17-16(24)19-10-5-3-4-9(8-10)18-15(23)13-11-6-1-2-7-12(11)14(22)21-20-13/h1-8H,(H,18,23)(H,21,22)(H3,17,19,24). The molecule has 0 aliphatic carbocycles. The Morgan fingerprint density at radius 1 is 0.958 bits per heavy atom. The summed E-state index contributed by atoms with van der Waals surface area (Å²) in [4.78, 5) is 35.1. The monoisotopic (exact) mass is 323 g/mol. The van der Waals surface area contributed by atoms with Crippen molar-refractivity contribution in [1.29, 1.82) is 0 Å². The van der Waals surface area contributed by atoms with E-state index in [4.69, 9.17) is 5.73 Å². The maximum Gasteiger partial charge on any atom is 0.316 e. The maximum atomic E-state index is 12.5. The van der Waals surface area contributed by atoms with Gasteiger partial charge >= 0.3 is 6.03 Å². The first-order chi connectivity index (χ1) is 11.5. The molecule has 24 heavy (non-hydrogen) atoms. The second-order valence-electron chi connectivity index (χ2n) is 4.97. The molecule has 3 rings (SSSR count). The van der Waals surface area contributed by atoms with E-state index >= 15 is 0 Å².